The molecule has 1 N–H and O–H groups in total. The van der Waals surface area contributed by atoms with Crippen LogP contribution < -0.4 is 5.32 Å². The van der Waals surface area contributed by atoms with E-state index in [4.69, 9.17) is 0 Å². The van der Waals surface area contributed by atoms with Gasteiger partial charge < -0.3 is 5.32 Å². The van der Waals surface area contributed by atoms with E-state index >= 15 is 0 Å². The Balaban J connectivity index is 1.92. The van der Waals surface area contributed by atoms with Crippen LogP contribution in [0.15, 0.2) is 46.2 Å². The number of halogens is 3. The molecule has 0 saturated carbocycles. The number of aromatic nitrogens is 2. The second kappa shape index (κ2) is 4.30. The number of nitrogens with one attached hydrogen (secondary N) is 1. The van der Waals surface area contributed by atoms with Gasteiger partial charge in [0.2, 0.25) is 5.96 Å². The zero-order valence-electron chi connectivity index (χ0n) is 9.35. The third-order valence-electron chi connectivity index (χ3n) is 2.53. The Morgan fingerprint density at radius 1 is 1.26 bits per heavy atom. The molecular weight excluding hydrogens is 277 g/mol. The molecular formula is C11H7F3N4S. The molecule has 4 nitrogen and oxygen atoms in total. The highest BCUT2D eigenvalue weighted by molar-refractivity contribution is 7.98. The van der Waals surface area contributed by atoms with E-state index in [1.54, 1.807) is 23.3 Å². The summed E-state index contributed by atoms with van der Waals surface area (Å²) in [5.74, 6) is 0.509. The average molecular weight is 284 g/mol. The highest BCUT2D eigenvalue weighted by atomic mass is 32.2. The minimum atomic E-state index is -4.34. The van der Waals surface area contributed by atoms with Crippen molar-refractivity contribution >= 4 is 23.6 Å². The first-order chi connectivity index (χ1) is 9.04. The summed E-state index contributed by atoms with van der Waals surface area (Å²) in [4.78, 5) is 4.33. The fourth-order valence-corrected chi connectivity index (χ4v) is 2.33. The predicted molar refractivity (Wildman–Crippen MR) is 66.0 cm³/mol. The van der Waals surface area contributed by atoms with Crippen molar-refractivity contribution in [1.82, 2.24) is 9.55 Å². The van der Waals surface area contributed by atoms with Gasteiger partial charge in [-0.25, -0.2) is 4.98 Å². The van der Waals surface area contributed by atoms with Crippen LogP contribution in [0.5, 0.6) is 0 Å². The largest absolute Gasteiger partial charge is 0.416 e. The lowest BCUT2D eigenvalue weighted by atomic mass is 10.2. The molecule has 0 saturated heterocycles. The van der Waals surface area contributed by atoms with Gasteiger partial charge in [0.05, 0.1) is 16.1 Å². The summed E-state index contributed by atoms with van der Waals surface area (Å²) in [5, 5.41) is 2.96. The Kier molecular flexibility index (Phi) is 2.74. The summed E-state index contributed by atoms with van der Waals surface area (Å²) in [6, 6.07) is 3.53. The Labute approximate surface area is 110 Å². The van der Waals surface area contributed by atoms with Crippen LogP contribution in [0, 0.1) is 0 Å². The van der Waals surface area contributed by atoms with Gasteiger partial charge in [-0.2, -0.15) is 17.6 Å². The zero-order chi connectivity index (χ0) is 13.5. The number of hydrogen-bond acceptors (Lipinski definition) is 4. The highest BCUT2D eigenvalue weighted by Gasteiger charge is 2.31. The number of rotatable bonds is 0. The van der Waals surface area contributed by atoms with Crippen molar-refractivity contribution in [3.8, 4) is 0 Å². The SMILES string of the molecule is FC(F)(F)c1ccc2c(c1)SN=C(n1ccnc1)N2. The van der Waals surface area contributed by atoms with Crippen molar-refractivity contribution in [3.05, 3.63) is 42.5 Å². The molecule has 0 bridgehead atoms. The van der Waals surface area contributed by atoms with Crippen molar-refractivity contribution in [2.24, 2.45) is 4.40 Å². The van der Waals surface area contributed by atoms with Gasteiger partial charge in [-0.15, -0.1) is 0 Å². The molecule has 1 aromatic heterocycles. The minimum Gasteiger partial charge on any atom is -0.324 e. The molecule has 1 aliphatic rings. The number of nitrogens with zero attached hydrogens (tertiary/aromatic N) is 3. The van der Waals surface area contributed by atoms with E-state index < -0.39 is 11.7 Å². The standard InChI is InChI=1S/C11H7F3N4S/c12-11(13,14)7-1-2-8-9(5-7)19-17-10(16-8)18-4-3-15-6-18/h1-6H,(H,16,17). The molecule has 0 unspecified atom stereocenters. The Bertz CT molecular complexity index is 634. The fraction of sp³-hybridized carbons (Fsp3) is 0.0909. The molecule has 0 radical (unpaired) electrons. The van der Waals surface area contributed by atoms with Gasteiger partial charge in [0.25, 0.3) is 0 Å². The third-order valence-corrected chi connectivity index (χ3v) is 3.33. The first kappa shape index (κ1) is 12.1. The number of alkyl halides is 3. The van der Waals surface area contributed by atoms with Crippen LogP contribution >= 0.6 is 11.9 Å². The molecule has 2 aromatic rings. The third kappa shape index (κ3) is 2.30. The predicted octanol–water partition coefficient (Wildman–Crippen LogP) is 3.24. The van der Waals surface area contributed by atoms with Crippen LogP contribution in [0.1, 0.15) is 5.56 Å². The molecule has 0 atom stereocenters. The fourth-order valence-electron chi connectivity index (χ4n) is 1.61. The second-order valence-corrected chi connectivity index (χ2v) is 4.61. The van der Waals surface area contributed by atoms with Gasteiger partial charge in [-0.3, -0.25) is 4.57 Å². The molecule has 2 heterocycles. The first-order valence-electron chi connectivity index (χ1n) is 5.26. The maximum absolute atomic E-state index is 12.6. The van der Waals surface area contributed by atoms with E-state index in [0.717, 1.165) is 24.1 Å². The molecule has 0 spiro atoms. The van der Waals surface area contributed by atoms with E-state index in [2.05, 4.69) is 14.7 Å². The minimum absolute atomic E-state index is 0.443. The summed E-state index contributed by atoms with van der Waals surface area (Å²) in [7, 11) is 0. The smallest absolute Gasteiger partial charge is 0.324 e. The van der Waals surface area contributed by atoms with Crippen molar-refractivity contribution in [3.63, 3.8) is 0 Å². The maximum Gasteiger partial charge on any atom is 0.416 e. The number of hydrogen-bond donors (Lipinski definition) is 1. The summed E-state index contributed by atoms with van der Waals surface area (Å²) in [5.41, 5.74) is -0.0847. The Hall–Kier alpha value is -1.96. The molecule has 98 valence electrons. The summed E-state index contributed by atoms with van der Waals surface area (Å²) in [6.07, 6.45) is 0.504. The summed E-state index contributed by atoms with van der Waals surface area (Å²) < 4.78 is 43.5. The monoisotopic (exact) mass is 284 g/mol. The average Bonchev–Trinajstić information content (AvgIpc) is 2.90. The lowest BCUT2D eigenvalue weighted by molar-refractivity contribution is -0.137. The van der Waals surface area contributed by atoms with Crippen LogP contribution in [-0.4, -0.2) is 15.5 Å². The molecule has 19 heavy (non-hydrogen) atoms. The molecule has 8 heteroatoms. The van der Waals surface area contributed by atoms with Crippen molar-refractivity contribution in [2.75, 3.05) is 5.32 Å². The van der Waals surface area contributed by atoms with Gasteiger partial charge in [-0.1, -0.05) is 0 Å². The van der Waals surface area contributed by atoms with Gasteiger partial charge in [0.1, 0.15) is 6.33 Å². The molecule has 0 aliphatic carbocycles. The maximum atomic E-state index is 12.6. The molecule has 3 rings (SSSR count). The van der Waals surface area contributed by atoms with Crippen molar-refractivity contribution in [1.29, 1.82) is 0 Å². The lowest BCUT2D eigenvalue weighted by Crippen LogP contribution is -2.22. The number of imidazole rings is 1. The van der Waals surface area contributed by atoms with Gasteiger partial charge >= 0.3 is 6.18 Å². The van der Waals surface area contributed by atoms with E-state index in [1.165, 1.54) is 6.07 Å². The summed E-state index contributed by atoms with van der Waals surface area (Å²) in [6.45, 7) is 0. The number of fused-ring (bicyclic) bond motifs is 1. The topological polar surface area (TPSA) is 42.2 Å². The Morgan fingerprint density at radius 2 is 2.11 bits per heavy atom. The van der Waals surface area contributed by atoms with Gasteiger partial charge in [-0.05, 0) is 18.2 Å². The van der Waals surface area contributed by atoms with Crippen LogP contribution in [0.3, 0.4) is 0 Å². The Morgan fingerprint density at radius 3 is 2.79 bits per heavy atom. The van der Waals surface area contributed by atoms with Crippen molar-refractivity contribution < 1.29 is 13.2 Å². The van der Waals surface area contributed by atoms with Crippen LogP contribution in [0.2, 0.25) is 0 Å². The zero-order valence-corrected chi connectivity index (χ0v) is 10.2. The number of benzene rings is 1. The normalized spacial score (nSPS) is 14.6. The summed E-state index contributed by atoms with van der Waals surface area (Å²) >= 11 is 1.00. The number of anilines is 1. The van der Waals surface area contributed by atoms with Crippen molar-refractivity contribution in [2.45, 2.75) is 11.1 Å². The van der Waals surface area contributed by atoms with E-state index in [-0.39, 0.29) is 0 Å². The van der Waals surface area contributed by atoms with E-state index in [9.17, 15) is 13.2 Å². The van der Waals surface area contributed by atoms with Crippen LogP contribution in [0.25, 0.3) is 0 Å². The molecule has 1 aromatic carbocycles. The molecule has 0 amide bonds. The van der Waals surface area contributed by atoms with E-state index in [1.807, 2.05) is 0 Å². The van der Waals surface area contributed by atoms with Crippen LogP contribution in [-0.2, 0) is 6.18 Å². The molecule has 0 fully saturated rings. The first-order valence-corrected chi connectivity index (χ1v) is 6.03. The van der Waals surface area contributed by atoms with E-state index in [0.29, 0.717) is 16.5 Å². The lowest BCUT2D eigenvalue weighted by Gasteiger charge is -2.18. The molecule has 1 aliphatic heterocycles. The quantitative estimate of drug-likeness (QED) is 0.755. The van der Waals surface area contributed by atoms with Gasteiger partial charge in [0, 0.05) is 24.3 Å². The highest BCUT2D eigenvalue weighted by Crippen LogP contribution is 2.37. The van der Waals surface area contributed by atoms with Gasteiger partial charge in [0.15, 0.2) is 0 Å². The van der Waals surface area contributed by atoms with Crippen LogP contribution in [0.4, 0.5) is 18.9 Å². The second-order valence-electron chi connectivity index (χ2n) is 3.81.